The molecule has 0 unspecified atom stereocenters. The van der Waals surface area contributed by atoms with E-state index >= 15 is 0 Å². The van der Waals surface area contributed by atoms with Crippen molar-refractivity contribution in [3.63, 3.8) is 0 Å². The Morgan fingerprint density at radius 2 is 1.88 bits per heavy atom. The molecule has 178 valence electrons. The minimum absolute atomic E-state index is 0.00805. The van der Waals surface area contributed by atoms with Crippen LogP contribution in [0.3, 0.4) is 0 Å². The number of ether oxygens (including phenoxy) is 2. The summed E-state index contributed by atoms with van der Waals surface area (Å²) < 4.78 is 12.5. The molecule has 34 heavy (non-hydrogen) atoms. The fourth-order valence-corrected chi connectivity index (χ4v) is 5.06. The van der Waals surface area contributed by atoms with Crippen molar-refractivity contribution in [2.45, 2.75) is 30.9 Å². The molecule has 0 fully saturated rings. The topological polar surface area (TPSA) is 77.8 Å². The van der Waals surface area contributed by atoms with E-state index in [0.29, 0.717) is 38.2 Å². The third-order valence-corrected chi connectivity index (χ3v) is 7.30. The molecule has 3 heterocycles. The number of benzene rings is 1. The van der Waals surface area contributed by atoms with Crippen molar-refractivity contribution in [2.75, 3.05) is 26.5 Å². The molecule has 0 atom stereocenters. The summed E-state index contributed by atoms with van der Waals surface area (Å²) in [5.41, 5.74) is 2.43. The molecule has 3 aromatic rings. The number of carbonyl (C=O) groups is 2. The van der Waals surface area contributed by atoms with Gasteiger partial charge in [-0.1, -0.05) is 12.1 Å². The quantitative estimate of drug-likeness (QED) is 0.366. The number of esters is 1. The lowest BCUT2D eigenvalue weighted by atomic mass is 10.1. The zero-order chi connectivity index (χ0) is 24.1. The maximum atomic E-state index is 13.0. The van der Waals surface area contributed by atoms with Crippen molar-refractivity contribution in [1.82, 2.24) is 9.47 Å². The second-order valence-corrected chi connectivity index (χ2v) is 9.55. The number of thiophene rings is 1. The summed E-state index contributed by atoms with van der Waals surface area (Å²) in [5.74, 6) is -0.355. The smallest absolute Gasteiger partial charge is 0.343 e. The normalized spacial score (nSPS) is 13.2. The largest absolute Gasteiger partial charge is 0.488 e. The zero-order valence-electron chi connectivity index (χ0n) is 19.1. The van der Waals surface area contributed by atoms with Crippen LogP contribution in [0.4, 0.5) is 0 Å². The molecule has 1 aliphatic rings. The van der Waals surface area contributed by atoms with Gasteiger partial charge >= 0.3 is 5.97 Å². The molecule has 1 aliphatic heterocycles. The van der Waals surface area contributed by atoms with Crippen molar-refractivity contribution < 1.29 is 19.1 Å². The number of pyridine rings is 1. The Labute approximate surface area is 206 Å². The van der Waals surface area contributed by atoms with Crippen molar-refractivity contribution >= 4 is 35.0 Å². The molecular weight excluding hydrogens is 472 g/mol. The zero-order valence-corrected chi connectivity index (χ0v) is 20.7. The summed E-state index contributed by atoms with van der Waals surface area (Å²) in [6.45, 7) is 1.35. The highest BCUT2D eigenvalue weighted by molar-refractivity contribution is 7.98. The van der Waals surface area contributed by atoms with Crippen LogP contribution in [0.5, 0.6) is 5.75 Å². The van der Waals surface area contributed by atoms with Gasteiger partial charge in [-0.25, -0.2) is 4.79 Å². The van der Waals surface area contributed by atoms with Gasteiger partial charge in [0.05, 0.1) is 13.5 Å². The Balaban J connectivity index is 1.55. The molecule has 4 rings (SSSR count). The Kier molecular flexibility index (Phi) is 7.74. The van der Waals surface area contributed by atoms with Crippen LogP contribution in [0.2, 0.25) is 0 Å². The van der Waals surface area contributed by atoms with Gasteiger partial charge < -0.3 is 18.9 Å². The molecule has 0 N–H and O–H groups in total. The predicted octanol–water partition coefficient (Wildman–Crippen LogP) is 3.62. The number of aromatic nitrogens is 1. The van der Waals surface area contributed by atoms with Gasteiger partial charge in [0.25, 0.3) is 5.56 Å². The Morgan fingerprint density at radius 3 is 2.56 bits per heavy atom. The van der Waals surface area contributed by atoms with E-state index in [-0.39, 0.29) is 29.4 Å². The van der Waals surface area contributed by atoms with E-state index in [2.05, 4.69) is 0 Å². The van der Waals surface area contributed by atoms with Gasteiger partial charge in [-0.3, -0.25) is 9.59 Å². The maximum absolute atomic E-state index is 13.0. The molecular formula is C25H26N2O5S2. The van der Waals surface area contributed by atoms with Crippen LogP contribution in [0.25, 0.3) is 0 Å². The van der Waals surface area contributed by atoms with Gasteiger partial charge in [0, 0.05) is 42.7 Å². The lowest BCUT2D eigenvalue weighted by Crippen LogP contribution is -2.35. The first-order chi connectivity index (χ1) is 16.5. The fraction of sp³-hybridized carbons (Fsp3) is 0.320. The van der Waals surface area contributed by atoms with E-state index in [4.69, 9.17) is 9.47 Å². The summed E-state index contributed by atoms with van der Waals surface area (Å²) in [7, 11) is 1.31. The van der Waals surface area contributed by atoms with E-state index in [1.807, 2.05) is 47.3 Å². The third kappa shape index (κ3) is 5.37. The molecule has 0 bridgehead atoms. The van der Waals surface area contributed by atoms with Gasteiger partial charge in [-0.05, 0) is 46.3 Å². The molecule has 1 aromatic carbocycles. The molecule has 7 nitrogen and oxygen atoms in total. The molecule has 0 radical (unpaired) electrons. The van der Waals surface area contributed by atoms with Crippen molar-refractivity contribution in [3.05, 3.63) is 79.9 Å². The number of thioether (sulfide) groups is 1. The van der Waals surface area contributed by atoms with Gasteiger partial charge in [0.2, 0.25) is 5.91 Å². The van der Waals surface area contributed by atoms with E-state index in [9.17, 15) is 14.4 Å². The summed E-state index contributed by atoms with van der Waals surface area (Å²) in [6.07, 6.45) is 2.66. The minimum atomic E-state index is -0.558. The number of methoxy groups -OCH3 is 1. The first-order valence-corrected chi connectivity index (χ1v) is 13.1. The van der Waals surface area contributed by atoms with Gasteiger partial charge in [-0.2, -0.15) is 11.3 Å². The van der Waals surface area contributed by atoms with Gasteiger partial charge in [-0.15, -0.1) is 11.8 Å². The Morgan fingerprint density at radius 1 is 1.09 bits per heavy atom. The van der Waals surface area contributed by atoms with Crippen molar-refractivity contribution in [1.29, 1.82) is 0 Å². The van der Waals surface area contributed by atoms with Crippen molar-refractivity contribution in [2.24, 2.45) is 0 Å². The predicted molar refractivity (Wildman–Crippen MR) is 133 cm³/mol. The average Bonchev–Trinajstić information content (AvgIpc) is 3.27. The third-order valence-electron chi connectivity index (χ3n) is 5.82. The first-order valence-electron chi connectivity index (χ1n) is 10.9. The average molecular weight is 499 g/mol. The van der Waals surface area contributed by atoms with Gasteiger partial charge in [0.15, 0.2) is 0 Å². The molecule has 9 heteroatoms. The summed E-state index contributed by atoms with van der Waals surface area (Å²) in [4.78, 5) is 41.5. The number of amides is 1. The van der Waals surface area contributed by atoms with E-state index in [1.165, 1.54) is 13.2 Å². The van der Waals surface area contributed by atoms with Crippen molar-refractivity contribution in [3.8, 4) is 5.75 Å². The van der Waals surface area contributed by atoms with Crippen LogP contribution < -0.4 is 10.3 Å². The second-order valence-electron chi connectivity index (χ2n) is 7.89. The first kappa shape index (κ1) is 24.1. The molecule has 1 amide bonds. The SMILES string of the molecule is COC(=O)c1c(OCc2ccsc2)cc(=O)n2c1CCN(C(=O)Cc1ccc(SC)cc1)CC2. The maximum Gasteiger partial charge on any atom is 0.343 e. The summed E-state index contributed by atoms with van der Waals surface area (Å²) >= 11 is 3.20. The second kappa shape index (κ2) is 10.9. The number of fused-ring (bicyclic) bond motifs is 1. The minimum Gasteiger partial charge on any atom is -0.488 e. The Hall–Kier alpha value is -3.04. The number of nitrogens with zero attached hydrogens (tertiary/aromatic N) is 2. The lowest BCUT2D eigenvalue weighted by Gasteiger charge is -2.20. The number of hydrogen-bond donors (Lipinski definition) is 0. The van der Waals surface area contributed by atoms with E-state index in [0.717, 1.165) is 16.0 Å². The number of rotatable bonds is 7. The summed E-state index contributed by atoms with van der Waals surface area (Å²) in [5, 5.41) is 3.89. The number of carbonyl (C=O) groups excluding carboxylic acids is 2. The highest BCUT2D eigenvalue weighted by Gasteiger charge is 2.27. The molecule has 0 saturated heterocycles. The Bertz CT molecular complexity index is 1220. The van der Waals surface area contributed by atoms with Crippen LogP contribution in [0.1, 0.15) is 27.2 Å². The number of hydrogen-bond acceptors (Lipinski definition) is 7. The van der Waals surface area contributed by atoms with Crippen LogP contribution in [-0.2, 0) is 35.5 Å². The van der Waals surface area contributed by atoms with Crippen LogP contribution >= 0.6 is 23.1 Å². The molecule has 0 aliphatic carbocycles. The monoisotopic (exact) mass is 498 g/mol. The highest BCUT2D eigenvalue weighted by Crippen LogP contribution is 2.25. The van der Waals surface area contributed by atoms with E-state index in [1.54, 1.807) is 32.6 Å². The lowest BCUT2D eigenvalue weighted by molar-refractivity contribution is -0.130. The van der Waals surface area contributed by atoms with Gasteiger partial charge in [0.1, 0.15) is 17.9 Å². The van der Waals surface area contributed by atoms with Crippen LogP contribution in [0, 0.1) is 0 Å². The fourth-order valence-electron chi connectivity index (χ4n) is 4.00. The molecule has 0 saturated carbocycles. The highest BCUT2D eigenvalue weighted by atomic mass is 32.2. The standard InChI is InChI=1S/C25H26N2O5S2/c1-31-25(30)24-20-7-9-26(22(28)13-17-3-5-19(33-2)6-4-17)10-11-27(20)23(29)14-21(24)32-15-18-8-12-34-16-18/h3-6,8,12,14,16H,7,9-11,13,15H2,1-2H3. The summed E-state index contributed by atoms with van der Waals surface area (Å²) in [6, 6.07) is 11.2. The van der Waals surface area contributed by atoms with Crippen LogP contribution in [-0.4, -0.2) is 47.8 Å². The molecule has 0 spiro atoms. The van der Waals surface area contributed by atoms with Crippen LogP contribution in [0.15, 0.2) is 56.8 Å². The molecule has 2 aromatic heterocycles. The van der Waals surface area contributed by atoms with E-state index < -0.39 is 5.97 Å².